The molecule has 1 amide bonds. The Balaban J connectivity index is 1.27. The molecule has 174 valence electrons. The van der Waals surface area contributed by atoms with Crippen molar-refractivity contribution in [3.05, 3.63) is 95.9 Å². The van der Waals surface area contributed by atoms with Gasteiger partial charge >= 0.3 is 0 Å². The molecule has 1 aliphatic heterocycles. The van der Waals surface area contributed by atoms with Crippen LogP contribution in [0.4, 0.5) is 5.69 Å². The molecule has 0 aliphatic carbocycles. The first-order chi connectivity index (χ1) is 16.6. The van der Waals surface area contributed by atoms with E-state index in [0.29, 0.717) is 0 Å². The van der Waals surface area contributed by atoms with Crippen LogP contribution in [0.15, 0.2) is 79.3 Å². The van der Waals surface area contributed by atoms with Gasteiger partial charge in [0.15, 0.2) is 0 Å². The lowest BCUT2D eigenvalue weighted by Crippen LogP contribution is -3.11. The third-order valence-electron chi connectivity index (χ3n) is 6.90. The molecule has 0 bridgehead atoms. The van der Waals surface area contributed by atoms with Crippen molar-refractivity contribution >= 4 is 11.6 Å². The second kappa shape index (κ2) is 9.69. The molecule has 1 fully saturated rings. The van der Waals surface area contributed by atoms with Gasteiger partial charge in [-0.05, 0) is 49.2 Å². The number of benzene rings is 2. The number of carbonyl (C=O) groups is 1. The summed E-state index contributed by atoms with van der Waals surface area (Å²) in [5.74, 6) is 1.30. The van der Waals surface area contributed by atoms with Gasteiger partial charge in [-0.2, -0.15) is 5.10 Å². The fourth-order valence-electron chi connectivity index (χ4n) is 4.98. The number of aryl methyl sites for hydroxylation is 2. The van der Waals surface area contributed by atoms with Gasteiger partial charge in [-0.25, -0.2) is 4.68 Å². The summed E-state index contributed by atoms with van der Waals surface area (Å²) >= 11 is 0. The highest BCUT2D eigenvalue weighted by molar-refractivity contribution is 5.94. The highest BCUT2D eigenvalue weighted by atomic mass is 16.1. The Morgan fingerprint density at radius 1 is 0.971 bits per heavy atom. The van der Waals surface area contributed by atoms with Crippen molar-refractivity contribution in [1.29, 1.82) is 0 Å². The van der Waals surface area contributed by atoms with Crippen LogP contribution < -0.4 is 10.2 Å². The number of hydrogen-bond donors (Lipinski definition) is 2. The Morgan fingerprint density at radius 3 is 2.32 bits per heavy atom. The third kappa shape index (κ3) is 4.54. The number of rotatable bonds is 6. The van der Waals surface area contributed by atoms with Crippen molar-refractivity contribution < 1.29 is 9.69 Å². The summed E-state index contributed by atoms with van der Waals surface area (Å²) in [5, 5.41) is 7.93. The Morgan fingerprint density at radius 2 is 1.65 bits per heavy atom. The number of piperidine rings is 1. The van der Waals surface area contributed by atoms with Gasteiger partial charge in [0.2, 0.25) is 5.91 Å². The number of nitrogens with zero attached hydrogens (tertiary/aromatic N) is 3. The van der Waals surface area contributed by atoms with E-state index >= 15 is 0 Å². The predicted molar refractivity (Wildman–Crippen MR) is 135 cm³/mol. The van der Waals surface area contributed by atoms with Crippen molar-refractivity contribution in [3.63, 3.8) is 0 Å². The number of aromatic nitrogens is 3. The average molecular weight is 455 g/mol. The number of anilines is 1. The molecule has 5 rings (SSSR count). The van der Waals surface area contributed by atoms with E-state index in [-0.39, 0.29) is 11.8 Å². The van der Waals surface area contributed by atoms with Crippen LogP contribution in [0.1, 0.15) is 29.5 Å². The first-order valence-corrected chi connectivity index (χ1v) is 12.1. The van der Waals surface area contributed by atoms with Crippen molar-refractivity contribution in [3.8, 4) is 11.5 Å². The molecule has 3 heterocycles. The zero-order valence-corrected chi connectivity index (χ0v) is 19.9. The predicted octanol–water partition coefficient (Wildman–Crippen LogP) is 3.71. The van der Waals surface area contributed by atoms with Crippen LogP contribution in [-0.2, 0) is 11.3 Å². The van der Waals surface area contributed by atoms with E-state index in [1.54, 1.807) is 0 Å². The molecule has 4 aromatic rings. The van der Waals surface area contributed by atoms with E-state index in [4.69, 9.17) is 5.10 Å². The molecule has 34 heavy (non-hydrogen) atoms. The van der Waals surface area contributed by atoms with E-state index < -0.39 is 0 Å². The maximum atomic E-state index is 13.0. The van der Waals surface area contributed by atoms with Crippen LogP contribution in [0.25, 0.3) is 11.5 Å². The molecule has 2 aromatic heterocycles. The molecule has 0 atom stereocenters. The van der Waals surface area contributed by atoms with Crippen molar-refractivity contribution in [1.82, 2.24) is 14.3 Å². The topological polar surface area (TPSA) is 56.3 Å². The number of carbonyl (C=O) groups excluding carboxylic acids is 1. The van der Waals surface area contributed by atoms with E-state index in [2.05, 4.69) is 34.4 Å². The van der Waals surface area contributed by atoms with E-state index in [0.717, 1.165) is 60.8 Å². The summed E-state index contributed by atoms with van der Waals surface area (Å²) in [6.07, 6.45) is 7.93. The molecule has 2 aromatic carbocycles. The molecule has 0 unspecified atom stereocenters. The summed E-state index contributed by atoms with van der Waals surface area (Å²) in [6.45, 7) is 6.95. The molecule has 6 nitrogen and oxygen atoms in total. The largest absolute Gasteiger partial charge is 0.331 e. The Labute approximate surface area is 200 Å². The standard InChI is InChI=1S/C28H31N5O/c1-21-9-8-10-22(2)26(21)30-27(34)23-13-17-31(18-14-23)20-24-19-29-33(25-11-4-3-5-12-25)28(24)32-15-6-7-16-32/h3-12,15-16,19,23H,13-14,17-18,20H2,1-2H3,(H,30,34)/p+1. The number of hydrogen-bond acceptors (Lipinski definition) is 2. The Bertz CT molecular complexity index is 1230. The fraction of sp³-hybridized carbons (Fsp3) is 0.286. The lowest BCUT2D eigenvalue weighted by atomic mass is 9.95. The maximum absolute atomic E-state index is 13.0. The van der Waals surface area contributed by atoms with Gasteiger partial charge in [0.1, 0.15) is 12.4 Å². The lowest BCUT2D eigenvalue weighted by molar-refractivity contribution is -0.919. The van der Waals surface area contributed by atoms with Crippen molar-refractivity contribution in [2.75, 3.05) is 18.4 Å². The number of amides is 1. The first kappa shape index (κ1) is 22.2. The van der Waals surface area contributed by atoms with Gasteiger partial charge in [0.25, 0.3) is 0 Å². The average Bonchev–Trinajstić information content (AvgIpc) is 3.52. The van der Waals surface area contributed by atoms with Gasteiger partial charge < -0.3 is 14.8 Å². The molecular weight excluding hydrogens is 422 g/mol. The van der Waals surface area contributed by atoms with Crippen LogP contribution in [-0.4, -0.2) is 33.3 Å². The second-order valence-corrected chi connectivity index (χ2v) is 9.29. The SMILES string of the molecule is Cc1cccc(C)c1NC(=O)C1CC[NH+](Cc2cnn(-c3ccccc3)c2-n2cccc2)CC1. The highest BCUT2D eigenvalue weighted by Gasteiger charge is 2.29. The fourth-order valence-corrected chi connectivity index (χ4v) is 4.98. The smallest absolute Gasteiger partial charge is 0.227 e. The third-order valence-corrected chi connectivity index (χ3v) is 6.90. The van der Waals surface area contributed by atoms with E-state index in [9.17, 15) is 4.79 Å². The zero-order chi connectivity index (χ0) is 23.5. The summed E-state index contributed by atoms with van der Waals surface area (Å²) in [6, 6.07) is 20.5. The van der Waals surface area contributed by atoms with Crippen LogP contribution in [0.5, 0.6) is 0 Å². The van der Waals surface area contributed by atoms with Gasteiger partial charge in [0.05, 0.1) is 30.5 Å². The molecule has 0 radical (unpaired) electrons. The lowest BCUT2D eigenvalue weighted by Gasteiger charge is -2.29. The normalized spacial score (nSPS) is 18.1. The zero-order valence-electron chi connectivity index (χ0n) is 19.9. The molecule has 1 aliphatic rings. The van der Waals surface area contributed by atoms with Crippen LogP contribution in [0.2, 0.25) is 0 Å². The minimum Gasteiger partial charge on any atom is -0.331 e. The summed E-state index contributed by atoms with van der Waals surface area (Å²) < 4.78 is 4.15. The van der Waals surface area contributed by atoms with Gasteiger partial charge in [-0.15, -0.1) is 0 Å². The van der Waals surface area contributed by atoms with Gasteiger partial charge in [-0.1, -0.05) is 36.4 Å². The molecule has 0 saturated carbocycles. The number of quaternary nitrogens is 1. The van der Waals surface area contributed by atoms with Crippen LogP contribution in [0.3, 0.4) is 0 Å². The number of likely N-dealkylation sites (tertiary alicyclic amines) is 1. The highest BCUT2D eigenvalue weighted by Crippen LogP contribution is 2.23. The maximum Gasteiger partial charge on any atom is 0.227 e. The number of nitrogens with one attached hydrogen (secondary N) is 2. The van der Waals surface area contributed by atoms with Gasteiger partial charge in [-0.3, -0.25) is 4.79 Å². The summed E-state index contributed by atoms with van der Waals surface area (Å²) in [5.41, 5.74) is 5.46. The molecule has 6 heteroatoms. The van der Waals surface area contributed by atoms with Gasteiger partial charge in [0, 0.05) is 36.8 Å². The minimum atomic E-state index is 0.0683. The monoisotopic (exact) mass is 454 g/mol. The van der Waals surface area contributed by atoms with Crippen molar-refractivity contribution in [2.24, 2.45) is 5.92 Å². The molecule has 2 N–H and O–H groups in total. The van der Waals surface area contributed by atoms with E-state index in [1.807, 2.05) is 73.3 Å². The van der Waals surface area contributed by atoms with E-state index in [1.165, 1.54) is 10.5 Å². The number of para-hydroxylation sites is 2. The van der Waals surface area contributed by atoms with Crippen LogP contribution >= 0.6 is 0 Å². The Kier molecular flexibility index (Phi) is 6.32. The van der Waals surface area contributed by atoms with Crippen molar-refractivity contribution in [2.45, 2.75) is 33.2 Å². The molecule has 0 spiro atoms. The quantitative estimate of drug-likeness (QED) is 0.467. The Hall–Kier alpha value is -3.64. The molecule has 1 saturated heterocycles. The molecular formula is C28H32N5O+. The first-order valence-electron chi connectivity index (χ1n) is 12.1. The minimum absolute atomic E-state index is 0.0683. The summed E-state index contributed by atoms with van der Waals surface area (Å²) in [4.78, 5) is 14.5. The summed E-state index contributed by atoms with van der Waals surface area (Å²) in [7, 11) is 0. The second-order valence-electron chi connectivity index (χ2n) is 9.29. The van der Waals surface area contributed by atoms with Crippen LogP contribution in [0, 0.1) is 19.8 Å².